The average molecular weight is 720 g/mol. The number of carbonyl (C=O) groups is 3. The smallest absolute Gasteiger partial charge is 0.475 e. The molecule has 5 rings (SSSR count). The maximum Gasteiger partial charge on any atom is 0.490 e. The largest absolute Gasteiger partial charge is 0.490 e. The van der Waals surface area contributed by atoms with E-state index in [0.29, 0.717) is 40.2 Å². The number of amides is 2. The number of imidazole rings is 1. The zero-order valence-electron chi connectivity index (χ0n) is 25.4. The highest BCUT2D eigenvalue weighted by Crippen LogP contribution is 2.30. The number of carboxylic acid groups (broad SMARTS) is 1. The van der Waals surface area contributed by atoms with Crippen LogP contribution in [0.15, 0.2) is 79.1 Å². The molecule has 0 aliphatic heterocycles. The second-order valence-corrected chi connectivity index (χ2v) is 10.9. The van der Waals surface area contributed by atoms with E-state index in [1.165, 1.54) is 18.1 Å². The third-order valence-electron chi connectivity index (χ3n) is 6.72. The van der Waals surface area contributed by atoms with E-state index in [2.05, 4.69) is 35.9 Å². The van der Waals surface area contributed by atoms with Crippen LogP contribution in [0.4, 0.5) is 23.7 Å². The number of halogens is 5. The Morgan fingerprint density at radius 3 is 2.35 bits per heavy atom. The van der Waals surface area contributed by atoms with Crippen LogP contribution in [-0.4, -0.2) is 66.5 Å². The first-order valence-corrected chi connectivity index (χ1v) is 15.0. The average Bonchev–Trinajstić information content (AvgIpc) is 3.74. The molecule has 2 heterocycles. The van der Waals surface area contributed by atoms with Crippen molar-refractivity contribution in [2.75, 3.05) is 12.4 Å². The number of H-pyrrole nitrogens is 1. The lowest BCUT2D eigenvalue weighted by Gasteiger charge is -2.17. The van der Waals surface area contributed by atoms with Crippen molar-refractivity contribution >= 4 is 46.9 Å². The van der Waals surface area contributed by atoms with Crippen LogP contribution in [0.25, 0.3) is 16.9 Å². The maximum atomic E-state index is 13.3. The zero-order chi connectivity index (χ0) is 35.6. The molecule has 0 aliphatic rings. The van der Waals surface area contributed by atoms with Crippen LogP contribution in [0.5, 0.6) is 0 Å². The lowest BCUT2D eigenvalue weighted by molar-refractivity contribution is -0.192. The lowest BCUT2D eigenvalue weighted by Crippen LogP contribution is -2.31. The van der Waals surface area contributed by atoms with Crippen LogP contribution >= 0.6 is 23.2 Å². The van der Waals surface area contributed by atoms with Crippen LogP contribution in [0.2, 0.25) is 10.2 Å². The number of carboxylic acids is 1. The van der Waals surface area contributed by atoms with Gasteiger partial charge in [-0.2, -0.15) is 13.2 Å². The number of aryl methyl sites for hydroxylation is 1. The fourth-order valence-electron chi connectivity index (χ4n) is 4.44. The van der Waals surface area contributed by atoms with Crippen molar-refractivity contribution in [3.05, 3.63) is 106 Å². The number of tetrazole rings is 1. The Labute approximate surface area is 286 Å². The van der Waals surface area contributed by atoms with E-state index in [1.54, 1.807) is 36.4 Å². The second-order valence-electron chi connectivity index (χ2n) is 10.1. The molecule has 0 bridgehead atoms. The monoisotopic (exact) mass is 718 g/mol. The molecule has 0 saturated heterocycles. The van der Waals surface area contributed by atoms with Gasteiger partial charge in [-0.25, -0.2) is 19.3 Å². The molecule has 2 amide bonds. The Morgan fingerprint density at radius 1 is 1.04 bits per heavy atom. The number of carbonyl (C=O) groups excluding carboxylic acids is 2. The van der Waals surface area contributed by atoms with Gasteiger partial charge in [-0.3, -0.25) is 10.1 Å². The molecule has 1 atom stereocenters. The number of hydrogen-bond donors (Lipinski definition) is 4. The fraction of sp³-hybridized carbons (Fsp3) is 0.194. The number of nitrogens with zero attached hydrogens (tertiary/aromatic N) is 5. The Balaban J connectivity index is 0.000000698. The quantitative estimate of drug-likeness (QED) is 0.131. The number of methoxy groups -OCH3 is 1. The summed E-state index contributed by atoms with van der Waals surface area (Å²) in [5, 5.41) is 25.1. The van der Waals surface area contributed by atoms with Crippen molar-refractivity contribution in [3.63, 3.8) is 0 Å². The zero-order valence-corrected chi connectivity index (χ0v) is 26.9. The van der Waals surface area contributed by atoms with Gasteiger partial charge in [0, 0.05) is 22.7 Å². The molecule has 256 valence electrons. The Bertz CT molecular complexity index is 1870. The first-order chi connectivity index (χ1) is 23.3. The van der Waals surface area contributed by atoms with Gasteiger partial charge in [-0.15, -0.1) is 5.10 Å². The molecule has 0 fully saturated rings. The van der Waals surface area contributed by atoms with Crippen molar-refractivity contribution in [2.24, 2.45) is 0 Å². The number of aliphatic carboxylic acids is 1. The number of benzene rings is 3. The van der Waals surface area contributed by atoms with Gasteiger partial charge in [0.2, 0.25) is 5.91 Å². The number of aromatic amines is 1. The van der Waals surface area contributed by atoms with Crippen molar-refractivity contribution < 1.29 is 37.4 Å². The predicted octanol–water partition coefficient (Wildman–Crippen LogP) is 6.20. The summed E-state index contributed by atoms with van der Waals surface area (Å²) in [5.74, 6) is -2.42. The predicted molar refractivity (Wildman–Crippen MR) is 172 cm³/mol. The van der Waals surface area contributed by atoms with E-state index < -0.39 is 24.3 Å². The maximum absolute atomic E-state index is 13.3. The summed E-state index contributed by atoms with van der Waals surface area (Å²) in [6.45, 7) is 0. The fourth-order valence-corrected chi connectivity index (χ4v) is 4.88. The highest BCUT2D eigenvalue weighted by Gasteiger charge is 2.38. The third-order valence-corrected chi connectivity index (χ3v) is 7.23. The molecule has 13 nitrogen and oxygen atoms in total. The number of aromatic nitrogens is 6. The highest BCUT2D eigenvalue weighted by atomic mass is 35.5. The summed E-state index contributed by atoms with van der Waals surface area (Å²) in [5.41, 5.74) is 4.42. The van der Waals surface area contributed by atoms with Gasteiger partial charge in [-0.1, -0.05) is 65.7 Å². The highest BCUT2D eigenvalue weighted by molar-refractivity contribution is 6.32. The molecule has 49 heavy (non-hydrogen) atoms. The summed E-state index contributed by atoms with van der Waals surface area (Å²) in [7, 11) is 1.30. The van der Waals surface area contributed by atoms with Gasteiger partial charge < -0.3 is 20.1 Å². The lowest BCUT2D eigenvalue weighted by atomic mass is 10.0. The summed E-state index contributed by atoms with van der Waals surface area (Å²) in [6.07, 6.45) is -3.06. The summed E-state index contributed by atoms with van der Waals surface area (Å²) in [6, 6.07) is 21.7. The first-order valence-electron chi connectivity index (χ1n) is 14.2. The van der Waals surface area contributed by atoms with Crippen LogP contribution in [-0.2, 0) is 27.2 Å². The molecule has 3 aromatic carbocycles. The molecular weight excluding hydrogens is 692 g/mol. The minimum Gasteiger partial charge on any atom is -0.475 e. The van der Waals surface area contributed by atoms with Gasteiger partial charge in [0.25, 0.3) is 0 Å². The van der Waals surface area contributed by atoms with Crippen molar-refractivity contribution in [1.29, 1.82) is 0 Å². The minimum absolute atomic E-state index is 0.175. The molecule has 5 aromatic rings. The summed E-state index contributed by atoms with van der Waals surface area (Å²) >= 11 is 12.8. The van der Waals surface area contributed by atoms with E-state index in [0.717, 1.165) is 22.4 Å². The van der Waals surface area contributed by atoms with Gasteiger partial charge in [0.05, 0.1) is 18.8 Å². The third kappa shape index (κ3) is 10.5. The standard InChI is InChI=1S/C29H26Cl2N8O3.C2HF3O2/c1-42-29(41)33-22-11-7-19(8-12-22)26-27(31)36-28(35-26)23(15-18-5-3-2-4-6-18)34-25(40)14-9-20-16-21(30)10-13-24(20)39-17-32-37-38-39;3-2(4,5)1(6)7/h2-8,10-13,16-17,23H,9,14-15H2,1H3,(H,33,41)(H,34,40)(H,35,36);(H,6,7)/t23-;/m0./s1. The van der Waals surface area contributed by atoms with Crippen LogP contribution in [0, 0.1) is 0 Å². The van der Waals surface area contributed by atoms with Gasteiger partial charge in [0.15, 0.2) is 0 Å². The van der Waals surface area contributed by atoms with E-state index in [4.69, 9.17) is 38.1 Å². The van der Waals surface area contributed by atoms with Gasteiger partial charge >= 0.3 is 18.2 Å². The molecule has 0 radical (unpaired) electrons. The molecule has 18 heteroatoms. The minimum atomic E-state index is -5.08. The molecule has 0 aliphatic carbocycles. The molecule has 2 aromatic heterocycles. The number of anilines is 1. The molecular formula is C31H27Cl2F3N8O5. The second kappa shape index (κ2) is 16.6. The van der Waals surface area contributed by atoms with E-state index in [1.807, 2.05) is 36.4 Å². The summed E-state index contributed by atoms with van der Waals surface area (Å²) in [4.78, 5) is 41.6. The number of nitrogens with one attached hydrogen (secondary N) is 3. The molecule has 0 unspecified atom stereocenters. The van der Waals surface area contributed by atoms with Crippen molar-refractivity contribution in [1.82, 2.24) is 35.5 Å². The van der Waals surface area contributed by atoms with Crippen LogP contribution < -0.4 is 10.6 Å². The molecule has 0 spiro atoms. The van der Waals surface area contributed by atoms with E-state index in [-0.39, 0.29) is 12.3 Å². The van der Waals surface area contributed by atoms with Crippen LogP contribution in [0.3, 0.4) is 0 Å². The normalized spacial score (nSPS) is 11.6. The van der Waals surface area contributed by atoms with Gasteiger partial charge in [0.1, 0.15) is 23.0 Å². The van der Waals surface area contributed by atoms with E-state index in [9.17, 15) is 22.8 Å². The Kier molecular flexibility index (Phi) is 12.3. The van der Waals surface area contributed by atoms with Crippen molar-refractivity contribution in [2.45, 2.75) is 31.5 Å². The first kappa shape index (κ1) is 36.4. The Hall–Kier alpha value is -5.48. The summed E-state index contributed by atoms with van der Waals surface area (Å²) < 4.78 is 37.9. The number of hydrogen-bond acceptors (Lipinski definition) is 8. The van der Waals surface area contributed by atoms with Crippen molar-refractivity contribution in [3.8, 4) is 16.9 Å². The van der Waals surface area contributed by atoms with Crippen LogP contribution in [0.1, 0.15) is 29.4 Å². The SMILES string of the molecule is COC(=O)Nc1ccc(-c2nc([C@H](Cc3ccccc3)NC(=O)CCc3cc(Cl)ccc3-n3cnnn3)[nH]c2Cl)cc1.O=C(O)C(F)(F)F. The number of rotatable bonds is 10. The Morgan fingerprint density at radius 2 is 1.73 bits per heavy atom. The van der Waals surface area contributed by atoms with E-state index >= 15 is 0 Å². The molecule has 0 saturated carbocycles. The topological polar surface area (TPSA) is 177 Å². The number of alkyl halides is 3. The molecule has 4 N–H and O–H groups in total. The number of ether oxygens (including phenoxy) is 1. The van der Waals surface area contributed by atoms with Gasteiger partial charge in [-0.05, 0) is 64.7 Å².